The topological polar surface area (TPSA) is 42.0 Å². The summed E-state index contributed by atoms with van der Waals surface area (Å²) in [4.78, 5) is 16.6. The highest BCUT2D eigenvalue weighted by Gasteiger charge is 2.51. The maximum Gasteiger partial charge on any atom is 0.235 e. The van der Waals surface area contributed by atoms with Crippen molar-refractivity contribution in [3.63, 3.8) is 0 Å². The third-order valence-corrected chi connectivity index (χ3v) is 4.04. The molecule has 1 saturated carbocycles. The molecular weight excluding hydrogens is 272 g/mol. The summed E-state index contributed by atoms with van der Waals surface area (Å²) < 4.78 is 0. The van der Waals surface area contributed by atoms with Crippen LogP contribution in [0.4, 0.5) is 5.69 Å². The molecule has 3 rings (SSSR count). The number of anilines is 1. The Morgan fingerprint density at radius 3 is 2.65 bits per heavy atom. The van der Waals surface area contributed by atoms with Crippen molar-refractivity contribution in [3.8, 4) is 0 Å². The minimum atomic E-state index is -0.395. The van der Waals surface area contributed by atoms with Crippen molar-refractivity contribution < 1.29 is 4.79 Å². The average molecular weight is 287 g/mol. The maximum atomic E-state index is 12.6. The third-order valence-electron chi connectivity index (χ3n) is 3.74. The zero-order chi connectivity index (χ0) is 14.2. The number of hydrogen-bond acceptors (Lipinski definition) is 2. The molecule has 0 aliphatic heterocycles. The summed E-state index contributed by atoms with van der Waals surface area (Å²) in [6.45, 7) is 1.92. The number of carbonyl (C=O) groups excluding carboxylic acids is 1. The van der Waals surface area contributed by atoms with Crippen LogP contribution in [-0.2, 0) is 10.2 Å². The third kappa shape index (κ3) is 2.29. The lowest BCUT2D eigenvalue weighted by atomic mass is 9.95. The van der Waals surface area contributed by atoms with Crippen LogP contribution in [0.2, 0.25) is 5.15 Å². The van der Waals surface area contributed by atoms with Crippen LogP contribution in [0.3, 0.4) is 0 Å². The number of aryl methyl sites for hydroxylation is 1. The second kappa shape index (κ2) is 4.91. The zero-order valence-corrected chi connectivity index (χ0v) is 11.9. The first-order valence-electron chi connectivity index (χ1n) is 6.61. The Kier molecular flexibility index (Phi) is 3.22. The van der Waals surface area contributed by atoms with Gasteiger partial charge in [0, 0.05) is 6.20 Å². The lowest BCUT2D eigenvalue weighted by Crippen LogP contribution is -2.28. The van der Waals surface area contributed by atoms with Gasteiger partial charge in [-0.2, -0.15) is 0 Å². The zero-order valence-electron chi connectivity index (χ0n) is 11.2. The molecular formula is C16H15ClN2O. The van der Waals surface area contributed by atoms with Gasteiger partial charge in [-0.05, 0) is 37.0 Å². The van der Waals surface area contributed by atoms with Gasteiger partial charge in [0.2, 0.25) is 5.91 Å². The van der Waals surface area contributed by atoms with E-state index in [1.165, 1.54) is 0 Å². The number of hydrogen-bond donors (Lipinski definition) is 1. The molecule has 1 heterocycles. The van der Waals surface area contributed by atoms with Gasteiger partial charge >= 0.3 is 0 Å². The van der Waals surface area contributed by atoms with Gasteiger partial charge in [-0.25, -0.2) is 4.98 Å². The summed E-state index contributed by atoms with van der Waals surface area (Å²) in [5, 5.41) is 3.25. The molecule has 20 heavy (non-hydrogen) atoms. The van der Waals surface area contributed by atoms with Crippen LogP contribution in [0.25, 0.3) is 0 Å². The number of amides is 1. The molecule has 102 valence electrons. The molecule has 1 amide bonds. The summed E-state index contributed by atoms with van der Waals surface area (Å²) in [6, 6.07) is 11.7. The number of nitrogens with one attached hydrogen (secondary N) is 1. The molecule has 3 nitrogen and oxygen atoms in total. The van der Waals surface area contributed by atoms with Gasteiger partial charge in [-0.15, -0.1) is 0 Å². The Labute approximate surface area is 123 Å². The standard InChI is InChI=1S/C16H15ClN2O/c1-11-9-13(14(17)18-10-11)19-15(20)16(7-8-16)12-5-3-2-4-6-12/h2-6,9-10H,7-8H2,1H3,(H,19,20). The minimum Gasteiger partial charge on any atom is -0.323 e. The summed E-state index contributed by atoms with van der Waals surface area (Å²) in [6.07, 6.45) is 3.43. The maximum absolute atomic E-state index is 12.6. The summed E-state index contributed by atoms with van der Waals surface area (Å²) in [7, 11) is 0. The van der Waals surface area contributed by atoms with Crippen LogP contribution in [0, 0.1) is 6.92 Å². The Morgan fingerprint density at radius 2 is 2.00 bits per heavy atom. The van der Waals surface area contributed by atoms with E-state index >= 15 is 0 Å². The first-order valence-corrected chi connectivity index (χ1v) is 6.99. The van der Waals surface area contributed by atoms with Crippen molar-refractivity contribution in [2.45, 2.75) is 25.2 Å². The van der Waals surface area contributed by atoms with Gasteiger partial charge in [0.05, 0.1) is 11.1 Å². The van der Waals surface area contributed by atoms with Crippen LogP contribution < -0.4 is 5.32 Å². The Morgan fingerprint density at radius 1 is 1.30 bits per heavy atom. The van der Waals surface area contributed by atoms with E-state index < -0.39 is 5.41 Å². The summed E-state index contributed by atoms with van der Waals surface area (Å²) in [5.41, 5.74) is 2.22. The predicted molar refractivity (Wildman–Crippen MR) is 80.0 cm³/mol. The van der Waals surface area contributed by atoms with Gasteiger partial charge < -0.3 is 5.32 Å². The van der Waals surface area contributed by atoms with Crippen molar-refractivity contribution in [3.05, 3.63) is 58.9 Å². The van der Waals surface area contributed by atoms with Crippen molar-refractivity contribution in [1.29, 1.82) is 0 Å². The van der Waals surface area contributed by atoms with E-state index in [0.29, 0.717) is 10.8 Å². The van der Waals surface area contributed by atoms with Crippen LogP contribution in [-0.4, -0.2) is 10.9 Å². The SMILES string of the molecule is Cc1cnc(Cl)c(NC(=O)C2(c3ccccc3)CC2)c1. The molecule has 1 aliphatic rings. The number of benzene rings is 1. The van der Waals surface area contributed by atoms with E-state index in [2.05, 4.69) is 10.3 Å². The van der Waals surface area contributed by atoms with E-state index in [-0.39, 0.29) is 5.91 Å². The molecule has 4 heteroatoms. The van der Waals surface area contributed by atoms with Gasteiger partial charge in [-0.3, -0.25) is 4.79 Å². The smallest absolute Gasteiger partial charge is 0.235 e. The molecule has 0 saturated heterocycles. The molecule has 1 N–H and O–H groups in total. The molecule has 1 aromatic carbocycles. The van der Waals surface area contributed by atoms with Crippen LogP contribution in [0.15, 0.2) is 42.6 Å². The molecule has 0 bridgehead atoms. The highest BCUT2D eigenvalue weighted by molar-refractivity contribution is 6.32. The normalized spacial score (nSPS) is 15.7. The lowest BCUT2D eigenvalue weighted by molar-refractivity contribution is -0.118. The van der Waals surface area contributed by atoms with Crippen LogP contribution >= 0.6 is 11.6 Å². The molecule has 1 fully saturated rings. The number of pyridine rings is 1. The molecule has 0 radical (unpaired) electrons. The number of halogens is 1. The van der Waals surface area contributed by atoms with E-state index in [0.717, 1.165) is 24.0 Å². The molecule has 0 atom stereocenters. The van der Waals surface area contributed by atoms with Crippen molar-refractivity contribution in [2.75, 3.05) is 5.32 Å². The van der Waals surface area contributed by atoms with Gasteiger partial charge in [0.15, 0.2) is 5.15 Å². The number of aromatic nitrogens is 1. The Balaban J connectivity index is 1.85. The predicted octanol–water partition coefficient (Wildman–Crippen LogP) is 3.71. The highest BCUT2D eigenvalue weighted by atomic mass is 35.5. The van der Waals surface area contributed by atoms with E-state index in [1.807, 2.05) is 43.3 Å². The lowest BCUT2D eigenvalue weighted by Gasteiger charge is -2.16. The van der Waals surface area contributed by atoms with Crippen molar-refractivity contribution in [2.24, 2.45) is 0 Å². The van der Waals surface area contributed by atoms with E-state index in [4.69, 9.17) is 11.6 Å². The van der Waals surface area contributed by atoms with Crippen molar-refractivity contribution in [1.82, 2.24) is 4.98 Å². The molecule has 0 spiro atoms. The molecule has 1 aliphatic carbocycles. The number of nitrogens with zero attached hydrogens (tertiary/aromatic N) is 1. The fourth-order valence-electron chi connectivity index (χ4n) is 2.41. The monoisotopic (exact) mass is 286 g/mol. The fraction of sp³-hybridized carbons (Fsp3) is 0.250. The van der Waals surface area contributed by atoms with Crippen LogP contribution in [0.5, 0.6) is 0 Å². The Bertz CT molecular complexity index is 651. The van der Waals surface area contributed by atoms with E-state index in [1.54, 1.807) is 6.20 Å². The first kappa shape index (κ1) is 13.1. The van der Waals surface area contributed by atoms with Crippen LogP contribution in [0.1, 0.15) is 24.0 Å². The molecule has 1 aromatic heterocycles. The highest BCUT2D eigenvalue weighted by Crippen LogP contribution is 2.49. The minimum absolute atomic E-state index is 0.00185. The second-order valence-electron chi connectivity index (χ2n) is 5.25. The van der Waals surface area contributed by atoms with Crippen molar-refractivity contribution >= 4 is 23.2 Å². The average Bonchev–Trinajstić information content (AvgIpc) is 3.25. The first-order chi connectivity index (χ1) is 9.62. The number of carbonyl (C=O) groups is 1. The van der Waals surface area contributed by atoms with Gasteiger partial charge in [0.25, 0.3) is 0 Å². The van der Waals surface area contributed by atoms with Gasteiger partial charge in [-0.1, -0.05) is 41.9 Å². The van der Waals surface area contributed by atoms with E-state index in [9.17, 15) is 4.79 Å². The number of rotatable bonds is 3. The molecule has 0 unspecified atom stereocenters. The summed E-state index contributed by atoms with van der Waals surface area (Å²) in [5.74, 6) is -0.00185. The Hall–Kier alpha value is -1.87. The second-order valence-corrected chi connectivity index (χ2v) is 5.61. The molecule has 2 aromatic rings. The summed E-state index contributed by atoms with van der Waals surface area (Å²) >= 11 is 6.03. The van der Waals surface area contributed by atoms with Gasteiger partial charge in [0.1, 0.15) is 0 Å². The fourth-order valence-corrected chi connectivity index (χ4v) is 2.56. The quantitative estimate of drug-likeness (QED) is 0.874. The largest absolute Gasteiger partial charge is 0.323 e.